The summed E-state index contributed by atoms with van der Waals surface area (Å²) < 4.78 is 27.5. The predicted molar refractivity (Wildman–Crippen MR) is 128 cm³/mol. The Morgan fingerprint density at radius 3 is 2.31 bits per heavy atom. The lowest BCUT2D eigenvalue weighted by Crippen LogP contribution is -2.40. The van der Waals surface area contributed by atoms with Gasteiger partial charge in [-0.25, -0.2) is 13.1 Å². The van der Waals surface area contributed by atoms with Gasteiger partial charge in [0.25, 0.3) is 5.91 Å². The number of nitrogens with zero attached hydrogens (tertiary/aromatic N) is 1. The Morgan fingerprint density at radius 1 is 1.03 bits per heavy atom. The number of rotatable bonds is 7. The maximum atomic E-state index is 12.7. The molecule has 2 N–H and O–H groups in total. The second-order valence-corrected chi connectivity index (χ2v) is 11.3. The van der Waals surface area contributed by atoms with Crippen LogP contribution >= 0.6 is 0 Å². The molecule has 1 unspecified atom stereocenters. The Kier molecular flexibility index (Phi) is 7.75. The van der Waals surface area contributed by atoms with Gasteiger partial charge in [0.15, 0.2) is 0 Å². The molecule has 1 saturated heterocycles. The van der Waals surface area contributed by atoms with Crippen molar-refractivity contribution in [2.24, 2.45) is 0 Å². The number of nitrogens with one attached hydrogen (secondary N) is 2. The van der Waals surface area contributed by atoms with E-state index in [2.05, 4.69) is 34.0 Å². The third kappa shape index (κ3) is 6.64. The van der Waals surface area contributed by atoms with Gasteiger partial charge in [-0.3, -0.25) is 9.69 Å². The van der Waals surface area contributed by atoms with Crippen LogP contribution in [0.3, 0.4) is 0 Å². The van der Waals surface area contributed by atoms with Gasteiger partial charge in [0.1, 0.15) is 0 Å². The SMILES string of the molecule is CC1CCCCN1Cc1ccccc1CNC(=O)c1ccc(S(=O)(=O)NC(C)(C)C)cc1. The smallest absolute Gasteiger partial charge is 0.251 e. The quantitative estimate of drug-likeness (QED) is 0.657. The Hall–Kier alpha value is -2.22. The van der Waals surface area contributed by atoms with E-state index < -0.39 is 15.6 Å². The molecule has 174 valence electrons. The molecule has 6 nitrogen and oxygen atoms in total. The number of carbonyl (C=O) groups is 1. The molecule has 0 saturated carbocycles. The minimum atomic E-state index is -3.63. The fourth-order valence-electron chi connectivity index (χ4n) is 4.02. The normalized spacial score (nSPS) is 17.8. The van der Waals surface area contributed by atoms with Crippen LogP contribution in [-0.2, 0) is 23.1 Å². The van der Waals surface area contributed by atoms with Crippen molar-refractivity contribution in [2.45, 2.75) is 76.5 Å². The van der Waals surface area contributed by atoms with Crippen molar-refractivity contribution in [3.63, 3.8) is 0 Å². The van der Waals surface area contributed by atoms with Gasteiger partial charge in [0, 0.05) is 30.2 Å². The summed E-state index contributed by atoms with van der Waals surface area (Å²) in [5.41, 5.74) is 2.19. The molecule has 0 radical (unpaired) electrons. The summed E-state index contributed by atoms with van der Waals surface area (Å²) >= 11 is 0. The number of likely N-dealkylation sites (tertiary alicyclic amines) is 1. The van der Waals surface area contributed by atoms with Crippen LogP contribution in [0.5, 0.6) is 0 Å². The number of benzene rings is 2. The topological polar surface area (TPSA) is 78.5 Å². The fraction of sp³-hybridized carbons (Fsp3) is 0.480. The highest BCUT2D eigenvalue weighted by atomic mass is 32.2. The number of sulfonamides is 1. The van der Waals surface area contributed by atoms with Crippen molar-refractivity contribution in [3.8, 4) is 0 Å². The summed E-state index contributed by atoms with van der Waals surface area (Å²) in [6.07, 6.45) is 3.76. The third-order valence-corrected chi connectivity index (χ3v) is 7.51. The maximum absolute atomic E-state index is 12.7. The van der Waals surface area contributed by atoms with E-state index in [0.29, 0.717) is 18.2 Å². The highest BCUT2D eigenvalue weighted by molar-refractivity contribution is 7.89. The van der Waals surface area contributed by atoms with E-state index in [4.69, 9.17) is 0 Å². The lowest BCUT2D eigenvalue weighted by Gasteiger charge is -2.33. The molecule has 7 heteroatoms. The van der Waals surface area contributed by atoms with Crippen LogP contribution < -0.4 is 10.0 Å². The average Bonchev–Trinajstić information content (AvgIpc) is 2.73. The Balaban J connectivity index is 1.64. The van der Waals surface area contributed by atoms with Crippen LogP contribution in [0.1, 0.15) is 68.4 Å². The highest BCUT2D eigenvalue weighted by Gasteiger charge is 2.22. The van der Waals surface area contributed by atoms with Crippen molar-refractivity contribution < 1.29 is 13.2 Å². The van der Waals surface area contributed by atoms with Gasteiger partial charge >= 0.3 is 0 Å². The standard InChI is InChI=1S/C25H35N3O3S/c1-19-9-7-8-16-28(19)18-22-11-6-5-10-21(22)17-26-24(29)20-12-14-23(15-13-20)32(30,31)27-25(2,3)4/h5-6,10-15,19,27H,7-9,16-18H2,1-4H3,(H,26,29). The van der Waals surface area contributed by atoms with Crippen molar-refractivity contribution in [3.05, 3.63) is 65.2 Å². The summed E-state index contributed by atoms with van der Waals surface area (Å²) in [5.74, 6) is -0.223. The van der Waals surface area contributed by atoms with E-state index >= 15 is 0 Å². The number of piperidine rings is 1. The second kappa shape index (κ2) is 10.1. The molecule has 2 aromatic rings. The molecule has 0 spiro atoms. The first-order chi connectivity index (χ1) is 15.0. The van der Waals surface area contributed by atoms with Gasteiger partial charge in [-0.2, -0.15) is 0 Å². The minimum absolute atomic E-state index is 0.143. The lowest BCUT2D eigenvalue weighted by molar-refractivity contribution is 0.0950. The van der Waals surface area contributed by atoms with Crippen molar-refractivity contribution in [1.29, 1.82) is 0 Å². The Bertz CT molecular complexity index is 1030. The van der Waals surface area contributed by atoms with Crippen LogP contribution in [-0.4, -0.2) is 37.4 Å². The van der Waals surface area contributed by atoms with Crippen LogP contribution in [0.25, 0.3) is 0 Å². The van der Waals surface area contributed by atoms with Gasteiger partial charge in [-0.15, -0.1) is 0 Å². The Morgan fingerprint density at radius 2 is 1.69 bits per heavy atom. The summed E-state index contributed by atoms with van der Waals surface area (Å²) in [7, 11) is -3.63. The molecule has 1 aliphatic rings. The van der Waals surface area contributed by atoms with Crippen molar-refractivity contribution in [2.75, 3.05) is 6.54 Å². The van der Waals surface area contributed by atoms with Crippen LogP contribution in [0.15, 0.2) is 53.4 Å². The molecule has 1 amide bonds. The van der Waals surface area contributed by atoms with Gasteiger partial charge in [-0.1, -0.05) is 30.7 Å². The fourth-order valence-corrected chi connectivity index (χ4v) is 5.44. The molecular weight excluding hydrogens is 422 g/mol. The molecule has 32 heavy (non-hydrogen) atoms. The summed E-state index contributed by atoms with van der Waals surface area (Å²) in [5, 5.41) is 2.98. The van der Waals surface area contributed by atoms with E-state index in [0.717, 1.165) is 18.7 Å². The molecule has 0 aromatic heterocycles. The maximum Gasteiger partial charge on any atom is 0.251 e. The van der Waals surface area contributed by atoms with Crippen molar-refractivity contribution in [1.82, 2.24) is 14.9 Å². The molecule has 1 heterocycles. The van der Waals surface area contributed by atoms with Gasteiger partial charge < -0.3 is 5.32 Å². The lowest BCUT2D eigenvalue weighted by atomic mass is 10.0. The first-order valence-electron chi connectivity index (χ1n) is 11.3. The first kappa shape index (κ1) is 24.4. The molecule has 1 fully saturated rings. The number of hydrogen-bond donors (Lipinski definition) is 2. The number of amides is 1. The molecule has 2 aromatic carbocycles. The van der Waals surface area contributed by atoms with Gasteiger partial charge in [0.2, 0.25) is 10.0 Å². The zero-order chi connectivity index (χ0) is 23.4. The summed E-state index contributed by atoms with van der Waals surface area (Å²) in [6, 6.07) is 14.8. The molecule has 1 aliphatic heterocycles. The van der Waals surface area contributed by atoms with E-state index in [1.54, 1.807) is 32.9 Å². The Labute approximate surface area is 192 Å². The third-order valence-electron chi connectivity index (χ3n) is 5.74. The first-order valence-corrected chi connectivity index (χ1v) is 12.8. The van der Waals surface area contributed by atoms with E-state index in [9.17, 15) is 13.2 Å². The van der Waals surface area contributed by atoms with Crippen LogP contribution in [0, 0.1) is 0 Å². The minimum Gasteiger partial charge on any atom is -0.348 e. The molecule has 0 aliphatic carbocycles. The zero-order valence-electron chi connectivity index (χ0n) is 19.5. The largest absolute Gasteiger partial charge is 0.348 e. The molecule has 0 bridgehead atoms. The van der Waals surface area contributed by atoms with E-state index in [1.807, 2.05) is 12.1 Å². The van der Waals surface area contributed by atoms with Gasteiger partial charge in [0.05, 0.1) is 4.90 Å². The predicted octanol–water partition coefficient (Wildman–Crippen LogP) is 4.07. The van der Waals surface area contributed by atoms with Gasteiger partial charge in [-0.05, 0) is 82.5 Å². The van der Waals surface area contributed by atoms with Crippen LogP contribution in [0.2, 0.25) is 0 Å². The summed E-state index contributed by atoms with van der Waals surface area (Å²) in [6.45, 7) is 10.1. The molecular formula is C25H35N3O3S. The highest BCUT2D eigenvalue weighted by Crippen LogP contribution is 2.21. The summed E-state index contributed by atoms with van der Waals surface area (Å²) in [4.78, 5) is 15.3. The average molecular weight is 458 g/mol. The molecule has 1 atom stereocenters. The monoisotopic (exact) mass is 457 g/mol. The van der Waals surface area contributed by atoms with Crippen molar-refractivity contribution >= 4 is 15.9 Å². The van der Waals surface area contributed by atoms with Crippen LogP contribution in [0.4, 0.5) is 0 Å². The van der Waals surface area contributed by atoms with E-state index in [1.165, 1.54) is 37.0 Å². The second-order valence-electron chi connectivity index (χ2n) is 9.65. The molecule has 3 rings (SSSR count). The number of carbonyl (C=O) groups excluding carboxylic acids is 1. The van der Waals surface area contributed by atoms with E-state index in [-0.39, 0.29) is 10.8 Å². The zero-order valence-corrected chi connectivity index (χ0v) is 20.3. The number of hydrogen-bond acceptors (Lipinski definition) is 4.